The molecule has 1 aliphatic rings. The van der Waals surface area contributed by atoms with Crippen LogP contribution >= 0.6 is 23.5 Å². The third-order valence-electron chi connectivity index (χ3n) is 2.38. The highest BCUT2D eigenvalue weighted by molar-refractivity contribution is 7.66. The minimum Gasteiger partial charge on any atom is -0.373 e. The van der Waals surface area contributed by atoms with Crippen LogP contribution in [0, 0.1) is 0 Å². The molecule has 0 saturated carbocycles. The molecule has 15 nitrogen and oxygen atoms in total. The Kier molecular flexibility index (Phi) is 7.98. The van der Waals surface area contributed by atoms with Gasteiger partial charge in [-0.1, -0.05) is 5.11 Å². The molecule has 140 valence electrons. The summed E-state index contributed by atoms with van der Waals surface area (Å²) in [6.45, 7) is -0.716. The Labute approximate surface area is 134 Å². The van der Waals surface area contributed by atoms with Crippen LogP contribution in [0.3, 0.4) is 0 Å². The molecule has 1 heterocycles. The standard InChI is InChI=1S/C6H14N3O12P3/c7-9-8-4-18-5-1-2-17-6(5)3-19-23(13,14)21-24(15,16)20-22(10,11)12/h5-6H,1-4H2,(H,13,14)(H,15,16)(H2,10,11,12). The molecule has 0 aromatic heterocycles. The van der Waals surface area contributed by atoms with Crippen LogP contribution in [-0.4, -0.2) is 51.7 Å². The van der Waals surface area contributed by atoms with Gasteiger partial charge in [-0.15, -0.1) is 0 Å². The summed E-state index contributed by atoms with van der Waals surface area (Å²) in [5.74, 6) is 0. The second-order valence-electron chi connectivity index (χ2n) is 4.15. The first-order chi connectivity index (χ1) is 10.9. The Morgan fingerprint density at radius 3 is 2.42 bits per heavy atom. The van der Waals surface area contributed by atoms with E-state index in [1.165, 1.54) is 0 Å². The highest BCUT2D eigenvalue weighted by atomic mass is 31.3. The van der Waals surface area contributed by atoms with Crippen LogP contribution < -0.4 is 0 Å². The Morgan fingerprint density at radius 2 is 1.83 bits per heavy atom. The fourth-order valence-corrected chi connectivity index (χ4v) is 4.63. The molecule has 1 rings (SSSR count). The molecule has 0 bridgehead atoms. The summed E-state index contributed by atoms with van der Waals surface area (Å²) in [5, 5.41) is 3.13. The fraction of sp³-hybridized carbons (Fsp3) is 1.00. The summed E-state index contributed by atoms with van der Waals surface area (Å²) in [6, 6.07) is 0. The van der Waals surface area contributed by atoms with Gasteiger partial charge in [0.15, 0.2) is 0 Å². The maximum atomic E-state index is 11.5. The van der Waals surface area contributed by atoms with Gasteiger partial charge in [0.05, 0.1) is 12.7 Å². The number of hydrogen-bond donors (Lipinski definition) is 4. The highest BCUT2D eigenvalue weighted by Gasteiger charge is 2.41. The van der Waals surface area contributed by atoms with Crippen molar-refractivity contribution < 1.29 is 55.9 Å². The number of hydrogen-bond acceptors (Lipinski definition) is 9. The zero-order valence-corrected chi connectivity index (χ0v) is 14.4. The monoisotopic (exact) mass is 413 g/mol. The highest BCUT2D eigenvalue weighted by Crippen LogP contribution is 2.66. The van der Waals surface area contributed by atoms with E-state index < -0.39 is 42.3 Å². The first kappa shape index (κ1) is 21.7. The average Bonchev–Trinajstić information content (AvgIpc) is 2.80. The Morgan fingerprint density at radius 1 is 1.17 bits per heavy atom. The lowest BCUT2D eigenvalue weighted by atomic mass is 10.2. The number of phosphoric ester groups is 1. The van der Waals surface area contributed by atoms with Crippen LogP contribution in [0.15, 0.2) is 5.11 Å². The van der Waals surface area contributed by atoms with Crippen LogP contribution in [-0.2, 0) is 36.3 Å². The van der Waals surface area contributed by atoms with Crippen molar-refractivity contribution in [3.05, 3.63) is 10.4 Å². The molecule has 18 heteroatoms. The SMILES string of the molecule is [N-]=[N+]=NCOC1CCOC1COP(=O)(O)OP(=O)(O)OP(=O)(O)O. The lowest BCUT2D eigenvalue weighted by Crippen LogP contribution is -2.29. The minimum atomic E-state index is -5.56. The lowest BCUT2D eigenvalue weighted by molar-refractivity contribution is -0.0304. The molecule has 4 N–H and O–H groups in total. The number of rotatable bonds is 10. The van der Waals surface area contributed by atoms with Gasteiger partial charge in [0, 0.05) is 11.5 Å². The normalized spacial score (nSPS) is 26.3. The van der Waals surface area contributed by atoms with E-state index in [9.17, 15) is 18.6 Å². The molecule has 0 aromatic rings. The quantitative estimate of drug-likeness (QED) is 0.168. The van der Waals surface area contributed by atoms with Crippen molar-refractivity contribution in [2.75, 3.05) is 19.9 Å². The Hall–Kier alpha value is -0.360. The van der Waals surface area contributed by atoms with Crippen molar-refractivity contribution in [3.63, 3.8) is 0 Å². The first-order valence-corrected chi connectivity index (χ1v) is 10.5. The van der Waals surface area contributed by atoms with Gasteiger partial charge in [-0.2, -0.15) is 8.62 Å². The van der Waals surface area contributed by atoms with E-state index in [1.54, 1.807) is 0 Å². The summed E-state index contributed by atoms with van der Waals surface area (Å²) in [6.07, 6.45) is -1.14. The number of azide groups is 1. The molecule has 4 atom stereocenters. The van der Waals surface area contributed by atoms with Crippen LogP contribution in [0.5, 0.6) is 0 Å². The summed E-state index contributed by atoms with van der Waals surface area (Å²) in [5.41, 5.74) is 8.12. The minimum absolute atomic E-state index is 0.214. The summed E-state index contributed by atoms with van der Waals surface area (Å²) in [4.78, 5) is 37.5. The molecule has 1 aliphatic heterocycles. The van der Waals surface area contributed by atoms with Gasteiger partial charge in [-0.25, -0.2) is 13.7 Å². The van der Waals surface area contributed by atoms with Gasteiger partial charge in [-0.05, 0) is 12.0 Å². The van der Waals surface area contributed by atoms with E-state index in [4.69, 9.17) is 29.7 Å². The predicted octanol–water partition coefficient (Wildman–Crippen LogP) is 0.772. The van der Waals surface area contributed by atoms with Crippen molar-refractivity contribution in [3.8, 4) is 0 Å². The molecule has 24 heavy (non-hydrogen) atoms. The van der Waals surface area contributed by atoms with Crippen molar-refractivity contribution >= 4 is 23.5 Å². The maximum absolute atomic E-state index is 11.5. The zero-order valence-electron chi connectivity index (χ0n) is 11.7. The number of phosphoric acid groups is 3. The molecule has 0 aromatic carbocycles. The van der Waals surface area contributed by atoms with Gasteiger partial charge in [0.25, 0.3) is 0 Å². The van der Waals surface area contributed by atoms with Gasteiger partial charge >= 0.3 is 23.5 Å². The molecule has 1 saturated heterocycles. The van der Waals surface area contributed by atoms with E-state index in [2.05, 4.69) is 23.2 Å². The molecule has 0 amide bonds. The fourth-order valence-electron chi connectivity index (χ4n) is 1.60. The molecule has 0 aliphatic carbocycles. The van der Waals surface area contributed by atoms with Crippen LogP contribution in [0.1, 0.15) is 6.42 Å². The van der Waals surface area contributed by atoms with E-state index >= 15 is 0 Å². The molecule has 4 unspecified atom stereocenters. The van der Waals surface area contributed by atoms with Gasteiger partial charge in [0.1, 0.15) is 12.8 Å². The second-order valence-corrected chi connectivity index (χ2v) is 8.57. The summed E-state index contributed by atoms with van der Waals surface area (Å²) >= 11 is 0. The van der Waals surface area contributed by atoms with Crippen molar-refractivity contribution in [1.82, 2.24) is 0 Å². The van der Waals surface area contributed by atoms with Crippen LogP contribution in [0.4, 0.5) is 0 Å². The third kappa shape index (κ3) is 8.65. The van der Waals surface area contributed by atoms with E-state index in [1.807, 2.05) is 0 Å². The van der Waals surface area contributed by atoms with Gasteiger partial charge < -0.3 is 29.0 Å². The van der Waals surface area contributed by atoms with E-state index in [0.29, 0.717) is 6.42 Å². The van der Waals surface area contributed by atoms with E-state index in [0.717, 1.165) is 0 Å². The first-order valence-electron chi connectivity index (χ1n) is 5.96. The predicted molar refractivity (Wildman–Crippen MR) is 73.1 cm³/mol. The molecular weight excluding hydrogens is 399 g/mol. The van der Waals surface area contributed by atoms with Crippen molar-refractivity contribution in [1.29, 1.82) is 0 Å². The van der Waals surface area contributed by atoms with Crippen LogP contribution in [0.2, 0.25) is 0 Å². The average molecular weight is 413 g/mol. The number of nitrogens with zero attached hydrogens (tertiary/aromatic N) is 3. The second kappa shape index (κ2) is 8.84. The lowest BCUT2D eigenvalue weighted by Gasteiger charge is -2.20. The van der Waals surface area contributed by atoms with Crippen molar-refractivity contribution in [2.45, 2.75) is 18.6 Å². The molecule has 0 radical (unpaired) electrons. The van der Waals surface area contributed by atoms with Gasteiger partial charge in [-0.3, -0.25) is 4.52 Å². The Balaban J connectivity index is 2.55. The third-order valence-corrected chi connectivity index (χ3v) is 6.18. The largest absolute Gasteiger partial charge is 0.490 e. The smallest absolute Gasteiger partial charge is 0.373 e. The number of ether oxygens (including phenoxy) is 2. The zero-order chi connectivity index (χ0) is 18.4. The van der Waals surface area contributed by atoms with E-state index in [-0.39, 0.29) is 13.3 Å². The van der Waals surface area contributed by atoms with Gasteiger partial charge in [0.2, 0.25) is 0 Å². The maximum Gasteiger partial charge on any atom is 0.490 e. The molecular formula is C6H14N3O12P3. The Bertz CT molecular complexity index is 615. The van der Waals surface area contributed by atoms with Crippen LogP contribution in [0.25, 0.3) is 10.4 Å². The summed E-state index contributed by atoms with van der Waals surface area (Å²) < 4.78 is 54.9. The molecule has 1 fully saturated rings. The topological polar surface area (TPSA) is 227 Å². The molecule has 0 spiro atoms. The van der Waals surface area contributed by atoms with Crippen molar-refractivity contribution in [2.24, 2.45) is 5.11 Å². The summed E-state index contributed by atoms with van der Waals surface area (Å²) in [7, 11) is -16.2.